The molecular formula is C13H20N4O3S. The van der Waals surface area contributed by atoms with Crippen LogP contribution >= 0.6 is 0 Å². The van der Waals surface area contributed by atoms with E-state index in [-0.39, 0.29) is 11.6 Å². The van der Waals surface area contributed by atoms with Crippen LogP contribution in [-0.4, -0.2) is 54.2 Å². The summed E-state index contributed by atoms with van der Waals surface area (Å²) in [4.78, 5) is 18.6. The number of anilines is 1. The molecule has 0 bridgehead atoms. The lowest BCUT2D eigenvalue weighted by Crippen LogP contribution is -2.55. The van der Waals surface area contributed by atoms with Crippen molar-refractivity contribution in [1.29, 1.82) is 0 Å². The van der Waals surface area contributed by atoms with E-state index in [9.17, 15) is 13.2 Å². The van der Waals surface area contributed by atoms with E-state index in [1.165, 1.54) is 10.6 Å². The molecule has 7 nitrogen and oxygen atoms in total. The summed E-state index contributed by atoms with van der Waals surface area (Å²) >= 11 is 0. The Hall–Kier alpha value is -1.41. The molecule has 0 N–H and O–H groups in total. The van der Waals surface area contributed by atoms with Gasteiger partial charge in [0.15, 0.2) is 5.82 Å². The first-order valence-electron chi connectivity index (χ1n) is 7.17. The summed E-state index contributed by atoms with van der Waals surface area (Å²) in [7, 11) is -3.20. The molecule has 2 aliphatic rings. The third-order valence-corrected chi connectivity index (χ3v) is 5.48. The summed E-state index contributed by atoms with van der Waals surface area (Å²) in [5, 5.41) is 0. The van der Waals surface area contributed by atoms with Crippen LogP contribution < -0.4 is 10.5 Å². The van der Waals surface area contributed by atoms with E-state index in [1.807, 2.05) is 11.8 Å². The summed E-state index contributed by atoms with van der Waals surface area (Å²) in [5.41, 5.74) is -0.0694. The molecule has 1 aromatic rings. The highest BCUT2D eigenvalue weighted by molar-refractivity contribution is 7.88. The van der Waals surface area contributed by atoms with Gasteiger partial charge in [-0.2, -0.15) is 4.31 Å². The maximum Gasteiger partial charge on any atom is 0.293 e. The molecule has 116 valence electrons. The van der Waals surface area contributed by atoms with Crippen molar-refractivity contribution in [2.24, 2.45) is 0 Å². The maximum absolute atomic E-state index is 12.5. The monoisotopic (exact) mass is 312 g/mol. The predicted octanol–water partition coefficient (Wildman–Crippen LogP) is 0.0483. The number of rotatable bonds is 3. The molecule has 1 saturated heterocycles. The smallest absolute Gasteiger partial charge is 0.293 e. The first-order chi connectivity index (χ1) is 9.88. The molecule has 0 amide bonds. The van der Waals surface area contributed by atoms with Crippen molar-refractivity contribution in [2.45, 2.75) is 31.8 Å². The Morgan fingerprint density at radius 2 is 2.00 bits per heavy atom. The second-order valence-corrected chi connectivity index (χ2v) is 7.80. The zero-order chi connectivity index (χ0) is 15.2. The summed E-state index contributed by atoms with van der Waals surface area (Å²) in [6.45, 7) is 3.23. The molecule has 21 heavy (non-hydrogen) atoms. The van der Waals surface area contributed by atoms with E-state index in [4.69, 9.17) is 0 Å². The number of aromatic nitrogens is 2. The van der Waals surface area contributed by atoms with Crippen molar-refractivity contribution in [3.63, 3.8) is 0 Å². The normalized spacial score (nSPS) is 24.3. The minimum absolute atomic E-state index is 0.0694. The van der Waals surface area contributed by atoms with Crippen LogP contribution in [-0.2, 0) is 10.0 Å². The quantitative estimate of drug-likeness (QED) is 0.788. The van der Waals surface area contributed by atoms with Gasteiger partial charge >= 0.3 is 0 Å². The SMILES string of the molecule is C[C@H]1CN(c2nccn(C3CC3)c2=O)CCN1S(C)(=O)=O. The highest BCUT2D eigenvalue weighted by atomic mass is 32.2. The Labute approximate surface area is 124 Å². The van der Waals surface area contributed by atoms with Gasteiger partial charge in [-0.25, -0.2) is 13.4 Å². The van der Waals surface area contributed by atoms with Gasteiger partial charge in [0.1, 0.15) is 0 Å². The summed E-state index contributed by atoms with van der Waals surface area (Å²) in [5.74, 6) is 0.435. The molecule has 1 saturated carbocycles. The minimum atomic E-state index is -3.20. The fraction of sp³-hybridized carbons (Fsp3) is 0.692. The number of nitrogens with zero attached hydrogens (tertiary/aromatic N) is 4. The Morgan fingerprint density at radius 3 is 2.57 bits per heavy atom. The van der Waals surface area contributed by atoms with Crippen LogP contribution in [0.1, 0.15) is 25.8 Å². The van der Waals surface area contributed by atoms with Crippen LogP contribution in [0.25, 0.3) is 0 Å². The lowest BCUT2D eigenvalue weighted by molar-refractivity contribution is 0.307. The second-order valence-electron chi connectivity index (χ2n) is 5.86. The third kappa shape index (κ3) is 2.82. The van der Waals surface area contributed by atoms with E-state index in [0.29, 0.717) is 31.5 Å². The van der Waals surface area contributed by atoms with Crippen molar-refractivity contribution >= 4 is 15.8 Å². The number of hydrogen-bond donors (Lipinski definition) is 0. The van der Waals surface area contributed by atoms with E-state index in [1.54, 1.807) is 17.0 Å². The zero-order valence-corrected chi connectivity index (χ0v) is 13.1. The topological polar surface area (TPSA) is 75.5 Å². The highest BCUT2D eigenvalue weighted by Crippen LogP contribution is 2.33. The molecular weight excluding hydrogens is 292 g/mol. The van der Waals surface area contributed by atoms with Crippen LogP contribution in [0, 0.1) is 0 Å². The Morgan fingerprint density at radius 1 is 1.29 bits per heavy atom. The van der Waals surface area contributed by atoms with Crippen LogP contribution in [0.4, 0.5) is 5.82 Å². The van der Waals surface area contributed by atoms with Crippen LogP contribution in [0.3, 0.4) is 0 Å². The fourth-order valence-corrected chi connectivity index (χ4v) is 4.03. The van der Waals surface area contributed by atoms with Crippen LogP contribution in [0.5, 0.6) is 0 Å². The van der Waals surface area contributed by atoms with Crippen molar-refractivity contribution < 1.29 is 8.42 Å². The summed E-state index contributed by atoms with van der Waals surface area (Å²) < 4.78 is 26.6. The molecule has 1 aromatic heterocycles. The zero-order valence-electron chi connectivity index (χ0n) is 12.3. The van der Waals surface area contributed by atoms with Gasteiger partial charge in [0.2, 0.25) is 10.0 Å². The van der Waals surface area contributed by atoms with Crippen molar-refractivity contribution in [1.82, 2.24) is 13.9 Å². The second kappa shape index (κ2) is 5.10. The molecule has 0 unspecified atom stereocenters. The van der Waals surface area contributed by atoms with Gasteiger partial charge in [0.05, 0.1) is 6.26 Å². The molecule has 1 aliphatic heterocycles. The summed E-state index contributed by atoms with van der Waals surface area (Å²) in [6.07, 6.45) is 6.70. The third-order valence-electron chi connectivity index (χ3n) is 4.08. The number of hydrogen-bond acceptors (Lipinski definition) is 5. The minimum Gasteiger partial charge on any atom is -0.349 e. The number of piperazine rings is 1. The molecule has 2 fully saturated rings. The van der Waals surface area contributed by atoms with Crippen molar-refractivity contribution in [2.75, 3.05) is 30.8 Å². The molecule has 3 rings (SSSR count). The average Bonchev–Trinajstić information content (AvgIpc) is 3.21. The van der Waals surface area contributed by atoms with E-state index in [2.05, 4.69) is 4.98 Å². The number of sulfonamides is 1. The Bertz CT molecular complexity index is 696. The van der Waals surface area contributed by atoms with Gasteiger partial charge in [0, 0.05) is 44.1 Å². The first kappa shape index (κ1) is 14.5. The molecule has 0 aromatic carbocycles. The van der Waals surface area contributed by atoms with Gasteiger partial charge in [-0.05, 0) is 19.8 Å². The predicted molar refractivity (Wildman–Crippen MR) is 80.0 cm³/mol. The van der Waals surface area contributed by atoms with Gasteiger partial charge in [-0.15, -0.1) is 0 Å². The van der Waals surface area contributed by atoms with Crippen LogP contribution in [0.15, 0.2) is 17.2 Å². The Balaban J connectivity index is 1.84. The average molecular weight is 312 g/mol. The molecule has 1 atom stereocenters. The molecule has 2 heterocycles. The lowest BCUT2D eigenvalue weighted by Gasteiger charge is -2.38. The fourth-order valence-electron chi connectivity index (χ4n) is 2.90. The standard InChI is InChI=1S/C13H20N4O3S/c1-10-9-15(7-8-17(10)21(2,19)20)12-13(18)16(6-5-14-12)11-3-4-11/h5-6,10-11H,3-4,7-9H2,1-2H3/t10-/m0/s1. The highest BCUT2D eigenvalue weighted by Gasteiger charge is 2.32. The molecule has 0 radical (unpaired) electrons. The van der Waals surface area contributed by atoms with E-state index >= 15 is 0 Å². The van der Waals surface area contributed by atoms with Gasteiger partial charge in [0.25, 0.3) is 5.56 Å². The largest absolute Gasteiger partial charge is 0.349 e. The lowest BCUT2D eigenvalue weighted by atomic mass is 10.2. The van der Waals surface area contributed by atoms with Crippen molar-refractivity contribution in [3.8, 4) is 0 Å². The van der Waals surface area contributed by atoms with Gasteiger partial charge in [-0.1, -0.05) is 0 Å². The van der Waals surface area contributed by atoms with E-state index in [0.717, 1.165) is 12.8 Å². The van der Waals surface area contributed by atoms with Crippen LogP contribution in [0.2, 0.25) is 0 Å². The maximum atomic E-state index is 12.5. The molecule has 8 heteroatoms. The van der Waals surface area contributed by atoms with E-state index < -0.39 is 10.0 Å². The summed E-state index contributed by atoms with van der Waals surface area (Å²) in [6, 6.07) is 0.151. The molecule has 1 aliphatic carbocycles. The van der Waals surface area contributed by atoms with Gasteiger partial charge < -0.3 is 9.47 Å². The first-order valence-corrected chi connectivity index (χ1v) is 9.01. The Kier molecular flexibility index (Phi) is 3.53. The molecule has 0 spiro atoms. The van der Waals surface area contributed by atoms with Gasteiger partial charge in [-0.3, -0.25) is 4.79 Å². The van der Waals surface area contributed by atoms with Crippen molar-refractivity contribution in [3.05, 3.63) is 22.7 Å².